The first-order valence-corrected chi connectivity index (χ1v) is 6.81. The van der Waals surface area contributed by atoms with Gasteiger partial charge in [0.25, 0.3) is 0 Å². The zero-order valence-electron chi connectivity index (χ0n) is 10.3. The predicted octanol–water partition coefficient (Wildman–Crippen LogP) is 2.31. The van der Waals surface area contributed by atoms with Crippen molar-refractivity contribution in [1.82, 2.24) is 0 Å². The second-order valence-corrected chi connectivity index (χ2v) is 5.06. The molecule has 0 atom stereocenters. The highest BCUT2D eigenvalue weighted by Gasteiger charge is 2.10. The largest absolute Gasteiger partial charge is 0.493 e. The molecule has 3 nitrogen and oxygen atoms in total. The van der Waals surface area contributed by atoms with Gasteiger partial charge in [-0.1, -0.05) is 22.9 Å². The van der Waals surface area contributed by atoms with Crippen LogP contribution in [-0.4, -0.2) is 19.7 Å². The normalized spacial score (nSPS) is 10.9. The molecule has 0 bridgehead atoms. The topological polar surface area (TPSA) is 61.3 Å². The molecule has 0 heterocycles. The molecule has 1 aromatic rings. The van der Waals surface area contributed by atoms with Gasteiger partial charge in [-0.15, -0.1) is 0 Å². The third kappa shape index (κ3) is 4.66. The number of benzene rings is 1. The lowest BCUT2D eigenvalue weighted by molar-refractivity contribution is 0.312. The first-order chi connectivity index (χ1) is 8.21. The number of hydrogen-bond acceptors (Lipinski definition) is 3. The van der Waals surface area contributed by atoms with Gasteiger partial charge in [0, 0.05) is 4.47 Å². The molecule has 96 valence electrons. The maximum atomic E-state index is 5.73. The van der Waals surface area contributed by atoms with Crippen molar-refractivity contribution in [3.05, 3.63) is 28.2 Å². The molecular weight excluding hydrogens is 280 g/mol. The zero-order valence-corrected chi connectivity index (χ0v) is 11.9. The van der Waals surface area contributed by atoms with Crippen molar-refractivity contribution in [2.24, 2.45) is 17.4 Å². The lowest BCUT2D eigenvalue weighted by atomic mass is 9.99. The van der Waals surface area contributed by atoms with Crippen LogP contribution in [0.15, 0.2) is 22.7 Å². The van der Waals surface area contributed by atoms with Gasteiger partial charge in [0.05, 0.1) is 6.61 Å². The summed E-state index contributed by atoms with van der Waals surface area (Å²) in [5, 5.41) is 0. The summed E-state index contributed by atoms with van der Waals surface area (Å²) in [6, 6.07) is 6.08. The van der Waals surface area contributed by atoms with E-state index in [-0.39, 0.29) is 0 Å². The summed E-state index contributed by atoms with van der Waals surface area (Å²) in [5.41, 5.74) is 12.5. The Kier molecular flexibility index (Phi) is 6.55. The SMILES string of the molecule is CCCOc1ccc(Br)cc1CC(CN)CN. The van der Waals surface area contributed by atoms with E-state index in [4.69, 9.17) is 16.2 Å². The smallest absolute Gasteiger partial charge is 0.122 e. The van der Waals surface area contributed by atoms with Crippen LogP contribution in [0.3, 0.4) is 0 Å². The van der Waals surface area contributed by atoms with Crippen LogP contribution < -0.4 is 16.2 Å². The number of ether oxygens (including phenoxy) is 1. The molecule has 1 rings (SSSR count). The summed E-state index contributed by atoms with van der Waals surface area (Å²) in [6.07, 6.45) is 1.87. The number of nitrogens with two attached hydrogens (primary N) is 2. The van der Waals surface area contributed by atoms with Crippen molar-refractivity contribution in [3.8, 4) is 5.75 Å². The molecule has 0 radical (unpaired) electrons. The number of rotatable bonds is 7. The fourth-order valence-electron chi connectivity index (χ4n) is 1.63. The third-order valence-corrected chi connectivity index (χ3v) is 3.15. The van der Waals surface area contributed by atoms with E-state index in [0.29, 0.717) is 19.0 Å². The Bertz CT molecular complexity index is 340. The molecule has 0 aliphatic rings. The Morgan fingerprint density at radius 1 is 1.29 bits per heavy atom. The van der Waals surface area contributed by atoms with Crippen molar-refractivity contribution in [1.29, 1.82) is 0 Å². The van der Waals surface area contributed by atoms with Gasteiger partial charge in [-0.05, 0) is 55.6 Å². The second-order valence-electron chi connectivity index (χ2n) is 4.14. The van der Waals surface area contributed by atoms with Crippen molar-refractivity contribution < 1.29 is 4.74 Å². The predicted molar refractivity (Wildman–Crippen MR) is 75.2 cm³/mol. The van der Waals surface area contributed by atoms with E-state index in [9.17, 15) is 0 Å². The molecule has 1 aromatic carbocycles. The van der Waals surface area contributed by atoms with Gasteiger partial charge in [-0.25, -0.2) is 0 Å². The molecule has 0 saturated carbocycles. The van der Waals surface area contributed by atoms with Gasteiger partial charge in [-0.3, -0.25) is 0 Å². The molecule has 17 heavy (non-hydrogen) atoms. The van der Waals surface area contributed by atoms with Gasteiger partial charge >= 0.3 is 0 Å². The van der Waals surface area contributed by atoms with Crippen molar-refractivity contribution >= 4 is 15.9 Å². The molecule has 0 aliphatic carbocycles. The summed E-state index contributed by atoms with van der Waals surface area (Å²) < 4.78 is 6.79. The average molecular weight is 301 g/mol. The van der Waals surface area contributed by atoms with Crippen LogP contribution in [0.4, 0.5) is 0 Å². The molecule has 0 fully saturated rings. The molecule has 4 heteroatoms. The zero-order chi connectivity index (χ0) is 12.7. The van der Waals surface area contributed by atoms with E-state index in [2.05, 4.69) is 28.9 Å². The van der Waals surface area contributed by atoms with Crippen LogP contribution in [0.1, 0.15) is 18.9 Å². The lowest BCUT2D eigenvalue weighted by Crippen LogP contribution is -2.25. The van der Waals surface area contributed by atoms with E-state index in [1.807, 2.05) is 12.1 Å². The Morgan fingerprint density at radius 3 is 2.59 bits per heavy atom. The van der Waals surface area contributed by atoms with E-state index in [0.717, 1.165) is 29.7 Å². The van der Waals surface area contributed by atoms with E-state index in [1.165, 1.54) is 5.56 Å². The van der Waals surface area contributed by atoms with Gasteiger partial charge < -0.3 is 16.2 Å². The molecule has 0 unspecified atom stereocenters. The summed E-state index contributed by atoms with van der Waals surface area (Å²) >= 11 is 3.48. The summed E-state index contributed by atoms with van der Waals surface area (Å²) in [4.78, 5) is 0. The van der Waals surface area contributed by atoms with Gasteiger partial charge in [0.1, 0.15) is 5.75 Å². The van der Waals surface area contributed by atoms with Crippen LogP contribution in [0.25, 0.3) is 0 Å². The van der Waals surface area contributed by atoms with Crippen LogP contribution in [0.2, 0.25) is 0 Å². The minimum absolute atomic E-state index is 0.313. The summed E-state index contributed by atoms with van der Waals surface area (Å²) in [6.45, 7) is 4.05. The Balaban J connectivity index is 2.82. The minimum Gasteiger partial charge on any atom is -0.493 e. The molecular formula is C13H21BrN2O. The van der Waals surface area contributed by atoms with Gasteiger partial charge in [0.15, 0.2) is 0 Å². The van der Waals surface area contributed by atoms with Crippen LogP contribution >= 0.6 is 15.9 Å². The maximum Gasteiger partial charge on any atom is 0.122 e. The summed E-state index contributed by atoms with van der Waals surface area (Å²) in [7, 11) is 0. The standard InChI is InChI=1S/C13H21BrN2O/c1-2-5-17-13-4-3-12(14)7-11(13)6-10(8-15)9-16/h3-4,7,10H,2,5-6,8-9,15-16H2,1H3. The van der Waals surface area contributed by atoms with E-state index in [1.54, 1.807) is 0 Å². The first kappa shape index (κ1) is 14.5. The van der Waals surface area contributed by atoms with Gasteiger partial charge in [-0.2, -0.15) is 0 Å². The Hall–Kier alpha value is -0.580. The average Bonchev–Trinajstić information content (AvgIpc) is 2.35. The number of halogens is 1. The number of hydrogen-bond donors (Lipinski definition) is 2. The fourth-order valence-corrected chi connectivity index (χ4v) is 2.04. The van der Waals surface area contributed by atoms with E-state index < -0.39 is 0 Å². The highest BCUT2D eigenvalue weighted by atomic mass is 79.9. The van der Waals surface area contributed by atoms with Crippen LogP contribution in [0.5, 0.6) is 5.75 Å². The second kappa shape index (κ2) is 7.69. The Morgan fingerprint density at radius 2 is 2.00 bits per heavy atom. The molecule has 0 aliphatic heterocycles. The highest BCUT2D eigenvalue weighted by Crippen LogP contribution is 2.25. The first-order valence-electron chi connectivity index (χ1n) is 6.02. The third-order valence-electron chi connectivity index (χ3n) is 2.66. The maximum absolute atomic E-state index is 5.73. The van der Waals surface area contributed by atoms with Crippen LogP contribution in [-0.2, 0) is 6.42 Å². The van der Waals surface area contributed by atoms with Crippen molar-refractivity contribution in [2.75, 3.05) is 19.7 Å². The van der Waals surface area contributed by atoms with E-state index >= 15 is 0 Å². The Labute approximate surface area is 112 Å². The molecule has 0 amide bonds. The lowest BCUT2D eigenvalue weighted by Gasteiger charge is -2.16. The van der Waals surface area contributed by atoms with Gasteiger partial charge in [0.2, 0.25) is 0 Å². The fraction of sp³-hybridized carbons (Fsp3) is 0.538. The van der Waals surface area contributed by atoms with Crippen molar-refractivity contribution in [3.63, 3.8) is 0 Å². The quantitative estimate of drug-likeness (QED) is 0.812. The molecule has 4 N–H and O–H groups in total. The van der Waals surface area contributed by atoms with Crippen molar-refractivity contribution in [2.45, 2.75) is 19.8 Å². The molecule has 0 saturated heterocycles. The highest BCUT2D eigenvalue weighted by molar-refractivity contribution is 9.10. The van der Waals surface area contributed by atoms with Crippen LogP contribution in [0, 0.1) is 5.92 Å². The monoisotopic (exact) mass is 300 g/mol. The molecule has 0 aromatic heterocycles. The molecule has 0 spiro atoms. The minimum atomic E-state index is 0.313. The summed E-state index contributed by atoms with van der Waals surface area (Å²) in [5.74, 6) is 1.26.